The number of amides is 2. The molecular weight excluding hydrogens is 519 g/mol. The van der Waals surface area contributed by atoms with E-state index in [0.29, 0.717) is 28.9 Å². The highest BCUT2D eigenvalue weighted by molar-refractivity contribution is 7.92. The van der Waals surface area contributed by atoms with Gasteiger partial charge in [-0.3, -0.25) is 13.9 Å². The molecule has 0 heterocycles. The fraction of sp³-hybridized carbons (Fsp3) is 0.417. The van der Waals surface area contributed by atoms with Crippen LogP contribution in [-0.4, -0.2) is 50.5 Å². The second-order valence-corrected chi connectivity index (χ2v) is 10.5. The maximum absolute atomic E-state index is 13.5. The zero-order valence-corrected chi connectivity index (χ0v) is 21.8. The Labute approximate surface area is 214 Å². The standard InChI is InChI=1S/C24H29ClF3N3O4S/c1-4-13-29-23(33)21(5-2)30(15-17-9-7-6-8-10-17)22(32)16-31(36(3,34)35)18-11-12-20(25)19(14-18)24(26,27)28/h6-12,14,21H,4-5,13,15-16H2,1-3H3,(H,29,33)/t21-/m0/s1. The SMILES string of the molecule is CCCNC(=O)[C@H](CC)N(Cc1ccccc1)C(=O)CN(c1ccc(Cl)c(C(F)(F)F)c1)S(C)(=O)=O. The molecule has 0 fully saturated rings. The monoisotopic (exact) mass is 547 g/mol. The van der Waals surface area contributed by atoms with E-state index in [2.05, 4.69) is 5.32 Å². The summed E-state index contributed by atoms with van der Waals surface area (Å²) in [6.07, 6.45) is -3.12. The smallest absolute Gasteiger partial charge is 0.354 e. The predicted octanol–water partition coefficient (Wildman–Crippen LogP) is 4.46. The molecule has 0 aliphatic heterocycles. The molecule has 36 heavy (non-hydrogen) atoms. The lowest BCUT2D eigenvalue weighted by atomic mass is 10.1. The minimum Gasteiger partial charge on any atom is -0.354 e. The van der Waals surface area contributed by atoms with Crippen molar-refractivity contribution in [1.29, 1.82) is 0 Å². The topological polar surface area (TPSA) is 86.8 Å². The van der Waals surface area contributed by atoms with Gasteiger partial charge in [-0.05, 0) is 36.6 Å². The van der Waals surface area contributed by atoms with Gasteiger partial charge in [-0.15, -0.1) is 0 Å². The number of nitrogens with zero attached hydrogens (tertiary/aromatic N) is 2. The number of carbonyl (C=O) groups excluding carboxylic acids is 2. The van der Waals surface area contributed by atoms with Crippen LogP contribution in [0.3, 0.4) is 0 Å². The van der Waals surface area contributed by atoms with Gasteiger partial charge in [0.15, 0.2) is 0 Å². The lowest BCUT2D eigenvalue weighted by Gasteiger charge is -2.33. The highest BCUT2D eigenvalue weighted by Gasteiger charge is 2.36. The van der Waals surface area contributed by atoms with Crippen LogP contribution in [0.1, 0.15) is 37.8 Å². The van der Waals surface area contributed by atoms with Crippen LogP contribution in [0.15, 0.2) is 48.5 Å². The zero-order valence-electron chi connectivity index (χ0n) is 20.2. The molecule has 0 saturated carbocycles. The largest absolute Gasteiger partial charge is 0.417 e. The molecule has 7 nitrogen and oxygen atoms in total. The molecule has 0 aromatic heterocycles. The maximum atomic E-state index is 13.5. The molecule has 0 aliphatic rings. The molecule has 1 atom stereocenters. The van der Waals surface area contributed by atoms with E-state index < -0.39 is 51.2 Å². The van der Waals surface area contributed by atoms with E-state index in [0.717, 1.165) is 18.4 Å². The summed E-state index contributed by atoms with van der Waals surface area (Å²) < 4.78 is 65.9. The van der Waals surface area contributed by atoms with Gasteiger partial charge in [0.2, 0.25) is 21.8 Å². The minimum atomic E-state index is -4.83. The van der Waals surface area contributed by atoms with Crippen LogP contribution >= 0.6 is 11.6 Å². The molecule has 198 valence electrons. The summed E-state index contributed by atoms with van der Waals surface area (Å²) in [6.45, 7) is 3.18. The summed E-state index contributed by atoms with van der Waals surface area (Å²) in [4.78, 5) is 27.6. The third-order valence-electron chi connectivity index (χ3n) is 5.35. The average molecular weight is 548 g/mol. The van der Waals surface area contributed by atoms with Crippen molar-refractivity contribution >= 4 is 39.1 Å². The van der Waals surface area contributed by atoms with E-state index in [9.17, 15) is 31.2 Å². The number of halogens is 4. The Morgan fingerprint density at radius 2 is 1.72 bits per heavy atom. The van der Waals surface area contributed by atoms with Gasteiger partial charge in [-0.25, -0.2) is 8.42 Å². The first-order valence-corrected chi connectivity index (χ1v) is 13.5. The number of anilines is 1. The minimum absolute atomic E-state index is 0.00372. The molecule has 2 aromatic carbocycles. The molecule has 2 rings (SSSR count). The van der Waals surface area contributed by atoms with Gasteiger partial charge < -0.3 is 10.2 Å². The summed E-state index contributed by atoms with van der Waals surface area (Å²) in [5.41, 5.74) is -0.899. The third-order valence-corrected chi connectivity index (χ3v) is 6.82. The highest BCUT2D eigenvalue weighted by Crippen LogP contribution is 2.37. The van der Waals surface area contributed by atoms with E-state index in [1.807, 2.05) is 6.92 Å². The van der Waals surface area contributed by atoms with E-state index in [1.54, 1.807) is 37.3 Å². The molecule has 12 heteroatoms. The second-order valence-electron chi connectivity index (χ2n) is 8.15. The second kappa shape index (κ2) is 12.4. The Bertz CT molecular complexity index is 1160. The number of hydrogen-bond donors (Lipinski definition) is 1. The fourth-order valence-electron chi connectivity index (χ4n) is 3.56. The van der Waals surface area contributed by atoms with Crippen LogP contribution in [0.2, 0.25) is 5.02 Å². The average Bonchev–Trinajstić information content (AvgIpc) is 2.80. The third kappa shape index (κ3) is 7.86. The van der Waals surface area contributed by atoms with E-state index in [-0.39, 0.29) is 18.7 Å². The van der Waals surface area contributed by atoms with Gasteiger partial charge in [0.1, 0.15) is 12.6 Å². The summed E-state index contributed by atoms with van der Waals surface area (Å²) >= 11 is 5.68. The van der Waals surface area contributed by atoms with Crippen molar-refractivity contribution in [3.05, 3.63) is 64.7 Å². The summed E-state index contributed by atoms with van der Waals surface area (Å²) in [5.74, 6) is -1.15. The number of rotatable bonds is 11. The van der Waals surface area contributed by atoms with Gasteiger partial charge in [0.05, 0.1) is 22.5 Å². The van der Waals surface area contributed by atoms with Crippen LogP contribution in [0, 0.1) is 0 Å². The summed E-state index contributed by atoms with van der Waals surface area (Å²) in [5, 5.41) is 2.14. The quantitative estimate of drug-likeness (QED) is 0.450. The van der Waals surface area contributed by atoms with Crippen molar-refractivity contribution in [2.45, 2.75) is 45.5 Å². The molecule has 0 radical (unpaired) electrons. The fourth-order valence-corrected chi connectivity index (χ4v) is 4.63. The van der Waals surface area contributed by atoms with E-state index >= 15 is 0 Å². The maximum Gasteiger partial charge on any atom is 0.417 e. The molecule has 0 unspecified atom stereocenters. The molecular formula is C24H29ClF3N3O4S. The Kier molecular flexibility index (Phi) is 10.2. The number of sulfonamides is 1. The molecule has 0 saturated heterocycles. The van der Waals surface area contributed by atoms with Crippen LogP contribution in [-0.2, 0) is 32.3 Å². The van der Waals surface area contributed by atoms with Crippen LogP contribution in [0.25, 0.3) is 0 Å². The number of carbonyl (C=O) groups is 2. The summed E-state index contributed by atoms with van der Waals surface area (Å²) in [7, 11) is -4.19. The Balaban J connectivity index is 2.48. The highest BCUT2D eigenvalue weighted by atomic mass is 35.5. The Morgan fingerprint density at radius 1 is 1.08 bits per heavy atom. The number of alkyl halides is 3. The van der Waals surface area contributed by atoms with Crippen LogP contribution in [0.5, 0.6) is 0 Å². The van der Waals surface area contributed by atoms with E-state index in [1.165, 1.54) is 4.90 Å². The lowest BCUT2D eigenvalue weighted by Crippen LogP contribution is -2.52. The van der Waals surface area contributed by atoms with Crippen LogP contribution < -0.4 is 9.62 Å². The van der Waals surface area contributed by atoms with Crippen molar-refractivity contribution in [2.75, 3.05) is 23.7 Å². The molecule has 0 aliphatic carbocycles. The first-order chi connectivity index (χ1) is 16.8. The first-order valence-electron chi connectivity index (χ1n) is 11.2. The van der Waals surface area contributed by atoms with Gasteiger partial charge in [0, 0.05) is 13.1 Å². The van der Waals surface area contributed by atoms with Gasteiger partial charge in [-0.2, -0.15) is 13.2 Å². The van der Waals surface area contributed by atoms with Gasteiger partial charge in [-0.1, -0.05) is 55.8 Å². The number of hydrogen-bond acceptors (Lipinski definition) is 4. The number of benzene rings is 2. The predicted molar refractivity (Wildman–Crippen MR) is 133 cm³/mol. The summed E-state index contributed by atoms with van der Waals surface area (Å²) in [6, 6.07) is 10.5. The Morgan fingerprint density at radius 3 is 2.25 bits per heavy atom. The van der Waals surface area contributed by atoms with Crippen LogP contribution in [0.4, 0.5) is 18.9 Å². The van der Waals surface area contributed by atoms with Crippen molar-refractivity contribution in [3.8, 4) is 0 Å². The molecule has 2 amide bonds. The zero-order chi connectivity index (χ0) is 27.1. The van der Waals surface area contributed by atoms with Crippen molar-refractivity contribution in [2.24, 2.45) is 0 Å². The molecule has 1 N–H and O–H groups in total. The molecule has 0 spiro atoms. The van der Waals surface area contributed by atoms with Crippen molar-refractivity contribution in [1.82, 2.24) is 10.2 Å². The first kappa shape index (κ1) is 29.4. The van der Waals surface area contributed by atoms with Crippen molar-refractivity contribution in [3.63, 3.8) is 0 Å². The molecule has 2 aromatic rings. The molecule has 0 bridgehead atoms. The normalized spacial score (nSPS) is 12.6. The number of nitrogens with one attached hydrogen (secondary N) is 1. The Hall–Kier alpha value is -2.79. The van der Waals surface area contributed by atoms with E-state index in [4.69, 9.17) is 11.6 Å². The van der Waals surface area contributed by atoms with Gasteiger partial charge in [0.25, 0.3) is 0 Å². The van der Waals surface area contributed by atoms with Gasteiger partial charge >= 0.3 is 6.18 Å². The van der Waals surface area contributed by atoms with Crippen molar-refractivity contribution < 1.29 is 31.2 Å². The lowest BCUT2D eigenvalue weighted by molar-refractivity contribution is -0.140.